The van der Waals surface area contributed by atoms with Crippen LogP contribution in [0, 0.1) is 11.8 Å². The molecule has 5 amide bonds. The minimum absolute atomic E-state index is 0.110. The van der Waals surface area contributed by atoms with Crippen molar-refractivity contribution < 1.29 is 29.0 Å². The standard InChI is InChI=1S/C24H31ClN4O6/c25-19-2-1-18(13-20(19)29-12-7-21(30)26-23(29)32)22(31)27-8-3-16(4-9-27)14-35-15-17-5-10-28(11-6-17)24(33)34/h1-2,13,16-17H,3-12,14-15H2,(H,33,34)(H,26,30,32). The number of urea groups is 1. The summed E-state index contributed by atoms with van der Waals surface area (Å²) in [6, 6.07) is 4.34. The molecule has 11 heteroatoms. The molecule has 0 unspecified atom stereocenters. The lowest BCUT2D eigenvalue weighted by Gasteiger charge is -2.33. The van der Waals surface area contributed by atoms with Gasteiger partial charge in [0.05, 0.1) is 10.7 Å². The molecule has 190 valence electrons. The molecule has 3 saturated heterocycles. The number of carbonyl (C=O) groups is 4. The van der Waals surface area contributed by atoms with Gasteiger partial charge < -0.3 is 19.6 Å². The van der Waals surface area contributed by atoms with E-state index in [0.717, 1.165) is 25.7 Å². The number of anilines is 1. The number of likely N-dealkylation sites (tertiary alicyclic amines) is 2. The number of nitrogens with zero attached hydrogens (tertiary/aromatic N) is 3. The highest BCUT2D eigenvalue weighted by molar-refractivity contribution is 6.34. The molecular weight excluding hydrogens is 476 g/mol. The van der Waals surface area contributed by atoms with Crippen LogP contribution in [0.15, 0.2) is 18.2 Å². The molecule has 4 rings (SSSR count). The van der Waals surface area contributed by atoms with Crippen molar-refractivity contribution >= 4 is 41.2 Å². The molecule has 3 heterocycles. The van der Waals surface area contributed by atoms with Gasteiger partial charge in [0, 0.05) is 57.9 Å². The fraction of sp³-hybridized carbons (Fsp3) is 0.583. The summed E-state index contributed by atoms with van der Waals surface area (Å²) < 4.78 is 5.95. The van der Waals surface area contributed by atoms with Gasteiger partial charge in [0.1, 0.15) is 0 Å². The number of imide groups is 1. The van der Waals surface area contributed by atoms with Crippen molar-refractivity contribution in [2.45, 2.75) is 32.1 Å². The van der Waals surface area contributed by atoms with Crippen molar-refractivity contribution in [2.75, 3.05) is 50.8 Å². The first-order valence-electron chi connectivity index (χ1n) is 12.1. The number of nitrogens with one attached hydrogen (secondary N) is 1. The molecule has 3 aliphatic rings. The third-order valence-corrected chi connectivity index (χ3v) is 7.35. The molecule has 2 N–H and O–H groups in total. The van der Waals surface area contributed by atoms with Crippen molar-refractivity contribution in [3.05, 3.63) is 28.8 Å². The molecule has 0 bridgehead atoms. The fourth-order valence-electron chi connectivity index (χ4n) is 4.82. The second-order valence-electron chi connectivity index (χ2n) is 9.41. The number of hydrogen-bond acceptors (Lipinski definition) is 5. The Morgan fingerprint density at radius 3 is 2.14 bits per heavy atom. The van der Waals surface area contributed by atoms with E-state index in [-0.39, 0.29) is 24.8 Å². The molecule has 0 atom stereocenters. The van der Waals surface area contributed by atoms with Gasteiger partial charge in [-0.2, -0.15) is 0 Å². The van der Waals surface area contributed by atoms with Crippen LogP contribution in [0.3, 0.4) is 0 Å². The van der Waals surface area contributed by atoms with E-state index in [9.17, 15) is 19.2 Å². The number of piperidine rings is 2. The highest BCUT2D eigenvalue weighted by Gasteiger charge is 2.29. The first kappa shape index (κ1) is 25.2. The van der Waals surface area contributed by atoms with Crippen LogP contribution in [0.2, 0.25) is 5.02 Å². The number of carboxylic acid groups (broad SMARTS) is 1. The Kier molecular flexibility index (Phi) is 8.12. The smallest absolute Gasteiger partial charge is 0.407 e. The van der Waals surface area contributed by atoms with E-state index in [1.54, 1.807) is 18.2 Å². The number of halogens is 1. The number of hydrogen-bond donors (Lipinski definition) is 2. The predicted octanol–water partition coefficient (Wildman–Crippen LogP) is 3.05. The third kappa shape index (κ3) is 6.24. The zero-order valence-corrected chi connectivity index (χ0v) is 20.3. The van der Waals surface area contributed by atoms with E-state index in [4.69, 9.17) is 21.4 Å². The van der Waals surface area contributed by atoms with Crippen LogP contribution in [0.4, 0.5) is 15.3 Å². The Hall–Kier alpha value is -2.85. The van der Waals surface area contributed by atoms with E-state index in [1.807, 2.05) is 4.90 Å². The lowest BCUT2D eigenvalue weighted by molar-refractivity contribution is -0.120. The molecule has 3 aliphatic heterocycles. The quantitative estimate of drug-likeness (QED) is 0.612. The van der Waals surface area contributed by atoms with Crippen molar-refractivity contribution in [2.24, 2.45) is 11.8 Å². The number of amides is 5. The summed E-state index contributed by atoms with van der Waals surface area (Å²) in [5.41, 5.74) is 0.872. The molecule has 3 fully saturated rings. The molecule has 10 nitrogen and oxygen atoms in total. The van der Waals surface area contributed by atoms with Crippen LogP contribution >= 0.6 is 11.6 Å². The Bertz CT molecular complexity index is 973. The normalized spacial score (nSPS) is 20.2. The summed E-state index contributed by atoms with van der Waals surface area (Å²) in [4.78, 5) is 52.4. The van der Waals surface area contributed by atoms with Gasteiger partial charge in [0.25, 0.3) is 5.91 Å². The maximum Gasteiger partial charge on any atom is 0.407 e. The van der Waals surface area contributed by atoms with Crippen LogP contribution in [-0.4, -0.2) is 84.8 Å². The van der Waals surface area contributed by atoms with Crippen molar-refractivity contribution in [1.29, 1.82) is 0 Å². The van der Waals surface area contributed by atoms with Gasteiger partial charge in [-0.1, -0.05) is 11.6 Å². The van der Waals surface area contributed by atoms with Crippen molar-refractivity contribution in [3.8, 4) is 0 Å². The molecule has 0 radical (unpaired) electrons. The van der Waals surface area contributed by atoms with E-state index in [0.29, 0.717) is 67.5 Å². The first-order chi connectivity index (χ1) is 16.8. The summed E-state index contributed by atoms with van der Waals surface area (Å²) in [6.07, 6.45) is 2.68. The second-order valence-corrected chi connectivity index (χ2v) is 9.81. The summed E-state index contributed by atoms with van der Waals surface area (Å²) in [7, 11) is 0. The van der Waals surface area contributed by atoms with E-state index < -0.39 is 12.1 Å². The van der Waals surface area contributed by atoms with Gasteiger partial charge in [-0.15, -0.1) is 0 Å². The Labute approximate surface area is 209 Å². The van der Waals surface area contributed by atoms with Gasteiger partial charge in [-0.3, -0.25) is 19.8 Å². The topological polar surface area (TPSA) is 119 Å². The van der Waals surface area contributed by atoms with Crippen LogP contribution in [0.5, 0.6) is 0 Å². The van der Waals surface area contributed by atoms with E-state index in [1.165, 1.54) is 9.80 Å². The lowest BCUT2D eigenvalue weighted by atomic mass is 9.96. The largest absolute Gasteiger partial charge is 0.465 e. The van der Waals surface area contributed by atoms with Crippen LogP contribution in [-0.2, 0) is 9.53 Å². The van der Waals surface area contributed by atoms with Gasteiger partial charge in [-0.25, -0.2) is 9.59 Å². The van der Waals surface area contributed by atoms with Crippen LogP contribution in [0.1, 0.15) is 42.5 Å². The molecule has 0 spiro atoms. The van der Waals surface area contributed by atoms with Gasteiger partial charge in [0.15, 0.2) is 0 Å². The monoisotopic (exact) mass is 506 g/mol. The zero-order valence-electron chi connectivity index (χ0n) is 19.6. The third-order valence-electron chi connectivity index (χ3n) is 7.03. The van der Waals surface area contributed by atoms with Gasteiger partial charge >= 0.3 is 12.1 Å². The van der Waals surface area contributed by atoms with Crippen LogP contribution < -0.4 is 10.2 Å². The highest BCUT2D eigenvalue weighted by atomic mass is 35.5. The molecule has 35 heavy (non-hydrogen) atoms. The Balaban J connectivity index is 1.24. The maximum absolute atomic E-state index is 13.1. The van der Waals surface area contributed by atoms with Gasteiger partial charge in [0.2, 0.25) is 5.91 Å². The van der Waals surface area contributed by atoms with Crippen LogP contribution in [0.25, 0.3) is 0 Å². The predicted molar refractivity (Wildman–Crippen MR) is 129 cm³/mol. The van der Waals surface area contributed by atoms with Gasteiger partial charge in [-0.05, 0) is 55.7 Å². The molecular formula is C24H31ClN4O6. The van der Waals surface area contributed by atoms with E-state index >= 15 is 0 Å². The maximum atomic E-state index is 13.1. The molecule has 0 saturated carbocycles. The minimum atomic E-state index is -0.853. The number of benzene rings is 1. The summed E-state index contributed by atoms with van der Waals surface area (Å²) in [5.74, 6) is 0.339. The van der Waals surface area contributed by atoms with Crippen molar-refractivity contribution in [3.63, 3.8) is 0 Å². The fourth-order valence-corrected chi connectivity index (χ4v) is 5.04. The molecule has 0 aliphatic carbocycles. The first-order valence-corrected chi connectivity index (χ1v) is 12.5. The Morgan fingerprint density at radius 2 is 1.57 bits per heavy atom. The summed E-state index contributed by atoms with van der Waals surface area (Å²) >= 11 is 6.29. The zero-order chi connectivity index (χ0) is 24.9. The number of ether oxygens (including phenoxy) is 1. The van der Waals surface area contributed by atoms with Crippen molar-refractivity contribution in [1.82, 2.24) is 15.1 Å². The summed E-state index contributed by atoms with van der Waals surface area (Å²) in [5, 5.41) is 11.7. The molecule has 0 aromatic heterocycles. The van der Waals surface area contributed by atoms with E-state index in [2.05, 4.69) is 5.32 Å². The highest BCUT2D eigenvalue weighted by Crippen LogP contribution is 2.30. The Morgan fingerprint density at radius 1 is 0.971 bits per heavy atom. The lowest BCUT2D eigenvalue weighted by Crippen LogP contribution is -2.49. The SMILES string of the molecule is O=C1CCN(c2cc(C(=O)N3CCC(COCC4CCN(C(=O)O)CC4)CC3)ccc2Cl)C(=O)N1. The summed E-state index contributed by atoms with van der Waals surface area (Å²) in [6.45, 7) is 3.89. The second kappa shape index (κ2) is 11.3. The average molecular weight is 507 g/mol. The molecule has 1 aromatic rings. The molecule has 1 aromatic carbocycles. The number of rotatable bonds is 6. The minimum Gasteiger partial charge on any atom is -0.465 e. The number of carbonyl (C=O) groups excluding carboxylic acids is 3. The average Bonchev–Trinajstić information content (AvgIpc) is 2.85.